The molecule has 22 heavy (non-hydrogen) atoms. The number of anilines is 1. The maximum Gasteiger partial charge on any atom is 0.229 e. The molecule has 112 valence electrons. The van der Waals surface area contributed by atoms with Gasteiger partial charge in [-0.15, -0.1) is 0 Å². The first-order chi connectivity index (χ1) is 10.7. The minimum Gasteiger partial charge on any atom is -0.497 e. The molecule has 0 fully saturated rings. The van der Waals surface area contributed by atoms with Crippen LogP contribution in [0, 0.1) is 0 Å². The Labute approximate surface area is 128 Å². The minimum absolute atomic E-state index is 0.0465. The van der Waals surface area contributed by atoms with Gasteiger partial charge in [-0.3, -0.25) is 9.36 Å². The van der Waals surface area contributed by atoms with Gasteiger partial charge in [0.1, 0.15) is 17.2 Å². The van der Waals surface area contributed by atoms with E-state index < -0.39 is 0 Å². The fraction of sp³-hybridized carbons (Fsp3) is 0.176. The number of carbonyl (C=O) groups is 1. The molecule has 0 aliphatic rings. The molecule has 3 aromatic rings. The van der Waals surface area contributed by atoms with Gasteiger partial charge < -0.3 is 10.1 Å². The molecule has 0 atom stereocenters. The van der Waals surface area contributed by atoms with Crippen LogP contribution in [-0.4, -0.2) is 22.6 Å². The molecule has 0 radical (unpaired) electrons. The third kappa shape index (κ3) is 2.79. The zero-order valence-corrected chi connectivity index (χ0v) is 12.5. The third-order valence-corrected chi connectivity index (χ3v) is 3.51. The van der Waals surface area contributed by atoms with Crippen LogP contribution in [0.25, 0.3) is 11.0 Å². The molecule has 1 N–H and O–H groups in total. The van der Waals surface area contributed by atoms with Gasteiger partial charge in [-0.25, -0.2) is 4.98 Å². The Balaban J connectivity index is 1.78. The number of hydrogen-bond acceptors (Lipinski definition) is 4. The van der Waals surface area contributed by atoms with Crippen LogP contribution in [0.15, 0.2) is 48.7 Å². The highest BCUT2D eigenvalue weighted by molar-refractivity contribution is 5.89. The first kappa shape index (κ1) is 14.1. The van der Waals surface area contributed by atoms with E-state index in [0.717, 1.165) is 22.5 Å². The van der Waals surface area contributed by atoms with E-state index >= 15 is 0 Å². The van der Waals surface area contributed by atoms with Crippen molar-refractivity contribution in [2.24, 2.45) is 0 Å². The Morgan fingerprint density at radius 2 is 1.95 bits per heavy atom. The first-order valence-electron chi connectivity index (χ1n) is 7.03. The number of hydrogen-bond donors (Lipinski definition) is 1. The Hall–Kier alpha value is -2.82. The molecule has 3 rings (SSSR count). The summed E-state index contributed by atoms with van der Waals surface area (Å²) in [6.07, 6.45) is 1.74. The molecule has 0 unspecified atom stereocenters. The van der Waals surface area contributed by atoms with Gasteiger partial charge >= 0.3 is 0 Å². The fourth-order valence-corrected chi connectivity index (χ4v) is 2.30. The van der Waals surface area contributed by atoms with Crippen LogP contribution < -0.4 is 10.1 Å². The molecular weight excluding hydrogens is 278 g/mol. The molecular formula is C17H17N3O2. The van der Waals surface area contributed by atoms with Crippen LogP contribution in [0.4, 0.5) is 5.82 Å². The monoisotopic (exact) mass is 295 g/mol. The van der Waals surface area contributed by atoms with Crippen molar-refractivity contribution in [1.29, 1.82) is 0 Å². The number of rotatable bonds is 4. The molecule has 0 bridgehead atoms. The van der Waals surface area contributed by atoms with Gasteiger partial charge in [0.2, 0.25) is 5.91 Å². The molecule has 0 saturated carbocycles. The average molecular weight is 295 g/mol. The number of nitrogens with zero attached hydrogens (tertiary/aromatic N) is 2. The number of benzene rings is 1. The van der Waals surface area contributed by atoms with E-state index in [-0.39, 0.29) is 5.91 Å². The lowest BCUT2D eigenvalue weighted by atomic mass is 10.2. The summed E-state index contributed by atoms with van der Waals surface area (Å²) in [5.74, 6) is 1.53. The predicted octanol–water partition coefficient (Wildman–Crippen LogP) is 3.32. The highest BCUT2D eigenvalue weighted by Crippen LogP contribution is 2.18. The van der Waals surface area contributed by atoms with Gasteiger partial charge in [-0.2, -0.15) is 0 Å². The summed E-state index contributed by atoms with van der Waals surface area (Å²) in [6, 6.07) is 13.6. The third-order valence-electron chi connectivity index (χ3n) is 3.51. The number of carbonyl (C=O) groups excluding carboxylic acids is 1. The molecule has 0 aliphatic carbocycles. The molecule has 5 nitrogen and oxygen atoms in total. The van der Waals surface area contributed by atoms with E-state index in [0.29, 0.717) is 12.2 Å². The number of methoxy groups -OCH3 is 1. The van der Waals surface area contributed by atoms with Crippen molar-refractivity contribution in [3.63, 3.8) is 0 Å². The van der Waals surface area contributed by atoms with Crippen LogP contribution in [0.3, 0.4) is 0 Å². The van der Waals surface area contributed by atoms with Crippen LogP contribution in [0.5, 0.6) is 5.75 Å². The first-order valence-corrected chi connectivity index (χ1v) is 7.03. The van der Waals surface area contributed by atoms with Gasteiger partial charge in [0.05, 0.1) is 7.11 Å². The lowest BCUT2D eigenvalue weighted by molar-refractivity contribution is 0.0941. The lowest BCUT2D eigenvalue weighted by Gasteiger charge is -2.07. The Morgan fingerprint density at radius 3 is 2.64 bits per heavy atom. The van der Waals surface area contributed by atoms with Gasteiger partial charge in [-0.05, 0) is 35.9 Å². The molecule has 0 saturated heterocycles. The largest absolute Gasteiger partial charge is 0.497 e. The average Bonchev–Trinajstić information content (AvgIpc) is 2.96. The van der Waals surface area contributed by atoms with Gasteiger partial charge in [-0.1, -0.05) is 12.1 Å². The standard InChI is InChI=1S/C17H17N3O2/c1-12(21)20-10-9-14-5-8-16(19-17(14)20)18-11-13-3-6-15(22-2)7-4-13/h3-10H,11H2,1-2H3,(H,18,19). The van der Waals surface area contributed by atoms with Crippen molar-refractivity contribution in [2.75, 3.05) is 12.4 Å². The smallest absolute Gasteiger partial charge is 0.229 e. The zero-order valence-electron chi connectivity index (χ0n) is 12.5. The van der Waals surface area contributed by atoms with Crippen molar-refractivity contribution < 1.29 is 9.53 Å². The van der Waals surface area contributed by atoms with Gasteiger partial charge in [0.15, 0.2) is 0 Å². The summed E-state index contributed by atoms with van der Waals surface area (Å²) < 4.78 is 6.69. The maximum atomic E-state index is 11.6. The van der Waals surface area contributed by atoms with Gasteiger partial charge in [0.25, 0.3) is 0 Å². The van der Waals surface area contributed by atoms with Gasteiger partial charge in [0, 0.05) is 25.1 Å². The summed E-state index contributed by atoms with van der Waals surface area (Å²) in [4.78, 5) is 16.1. The van der Waals surface area contributed by atoms with E-state index in [1.165, 1.54) is 6.92 Å². The summed E-state index contributed by atoms with van der Waals surface area (Å²) in [6.45, 7) is 2.18. The fourth-order valence-electron chi connectivity index (χ4n) is 2.30. The molecule has 2 aromatic heterocycles. The quantitative estimate of drug-likeness (QED) is 0.802. The SMILES string of the molecule is COc1ccc(CNc2ccc3ccn(C(C)=O)c3n2)cc1. The molecule has 2 heterocycles. The highest BCUT2D eigenvalue weighted by Gasteiger charge is 2.06. The number of aromatic nitrogens is 2. The van der Waals surface area contributed by atoms with Crippen LogP contribution in [0.1, 0.15) is 17.3 Å². The van der Waals surface area contributed by atoms with Crippen molar-refractivity contribution in [1.82, 2.24) is 9.55 Å². The summed E-state index contributed by atoms with van der Waals surface area (Å²) in [5.41, 5.74) is 1.80. The van der Waals surface area contributed by atoms with E-state index in [1.807, 2.05) is 42.5 Å². The lowest BCUT2D eigenvalue weighted by Crippen LogP contribution is -2.06. The number of nitrogens with one attached hydrogen (secondary N) is 1. The van der Waals surface area contributed by atoms with Crippen molar-refractivity contribution in [2.45, 2.75) is 13.5 Å². The zero-order chi connectivity index (χ0) is 15.5. The van der Waals surface area contributed by atoms with E-state index in [9.17, 15) is 4.79 Å². The second-order valence-electron chi connectivity index (χ2n) is 5.02. The number of ether oxygens (including phenoxy) is 1. The normalized spacial score (nSPS) is 10.6. The highest BCUT2D eigenvalue weighted by atomic mass is 16.5. The van der Waals surface area contributed by atoms with Crippen molar-refractivity contribution in [3.8, 4) is 5.75 Å². The summed E-state index contributed by atoms with van der Waals surface area (Å²) in [5, 5.41) is 4.22. The van der Waals surface area contributed by atoms with Crippen molar-refractivity contribution in [3.05, 3.63) is 54.2 Å². The minimum atomic E-state index is -0.0465. The van der Waals surface area contributed by atoms with Crippen LogP contribution >= 0.6 is 0 Å². The molecule has 5 heteroatoms. The van der Waals surface area contributed by atoms with Crippen molar-refractivity contribution >= 4 is 22.8 Å². The Kier molecular flexibility index (Phi) is 3.78. The Morgan fingerprint density at radius 1 is 1.18 bits per heavy atom. The topological polar surface area (TPSA) is 56.1 Å². The summed E-state index contributed by atoms with van der Waals surface area (Å²) in [7, 11) is 1.65. The predicted molar refractivity (Wildman–Crippen MR) is 86.4 cm³/mol. The molecule has 0 amide bonds. The molecule has 1 aromatic carbocycles. The second-order valence-corrected chi connectivity index (χ2v) is 5.02. The molecule has 0 spiro atoms. The number of pyridine rings is 1. The van der Waals surface area contributed by atoms with E-state index in [1.54, 1.807) is 17.9 Å². The van der Waals surface area contributed by atoms with Crippen LogP contribution in [0.2, 0.25) is 0 Å². The Bertz CT molecular complexity index is 806. The van der Waals surface area contributed by atoms with E-state index in [2.05, 4.69) is 10.3 Å². The summed E-state index contributed by atoms with van der Waals surface area (Å²) >= 11 is 0. The second kappa shape index (κ2) is 5.89. The molecule has 0 aliphatic heterocycles. The van der Waals surface area contributed by atoms with Crippen LogP contribution in [-0.2, 0) is 6.54 Å². The maximum absolute atomic E-state index is 11.6. The number of fused-ring (bicyclic) bond motifs is 1. The van der Waals surface area contributed by atoms with E-state index in [4.69, 9.17) is 4.74 Å².